The van der Waals surface area contributed by atoms with E-state index in [9.17, 15) is 5.11 Å². The van der Waals surface area contributed by atoms with E-state index in [0.717, 1.165) is 17.3 Å². The summed E-state index contributed by atoms with van der Waals surface area (Å²) in [4.78, 5) is 1.33. The van der Waals surface area contributed by atoms with Gasteiger partial charge in [0.25, 0.3) is 0 Å². The van der Waals surface area contributed by atoms with Gasteiger partial charge in [-0.05, 0) is 56.4 Å². The zero-order chi connectivity index (χ0) is 13.3. The first-order valence-electron chi connectivity index (χ1n) is 7.00. The Morgan fingerprint density at radius 1 is 1.26 bits per heavy atom. The highest BCUT2D eigenvalue weighted by molar-refractivity contribution is 9.10. The summed E-state index contributed by atoms with van der Waals surface area (Å²) in [6, 6.07) is 9.20. The lowest BCUT2D eigenvalue weighted by molar-refractivity contribution is 0.163. The third kappa shape index (κ3) is 3.54. The molecule has 2 aliphatic carbocycles. The maximum Gasteiger partial charge on any atom is 0.0613 e. The molecule has 0 radical (unpaired) electrons. The summed E-state index contributed by atoms with van der Waals surface area (Å²) < 4.78 is 1.13. The molecule has 2 N–H and O–H groups in total. The average molecular weight is 342 g/mol. The van der Waals surface area contributed by atoms with Crippen LogP contribution in [0.1, 0.15) is 32.1 Å². The van der Waals surface area contributed by atoms with Crippen LogP contribution in [0, 0.1) is 0 Å². The van der Waals surface area contributed by atoms with Crippen LogP contribution in [0.5, 0.6) is 0 Å². The monoisotopic (exact) mass is 341 g/mol. The Balaban J connectivity index is 1.59. The van der Waals surface area contributed by atoms with Crippen molar-refractivity contribution in [1.82, 2.24) is 5.32 Å². The van der Waals surface area contributed by atoms with Crippen molar-refractivity contribution in [3.05, 3.63) is 28.7 Å². The summed E-state index contributed by atoms with van der Waals surface area (Å²) in [6.07, 6.45) is 5.95. The lowest BCUT2D eigenvalue weighted by atomic mass is 9.99. The zero-order valence-corrected chi connectivity index (χ0v) is 13.3. The van der Waals surface area contributed by atoms with Crippen molar-refractivity contribution in [3.8, 4) is 0 Å². The van der Waals surface area contributed by atoms with Gasteiger partial charge in [-0.3, -0.25) is 0 Å². The number of hydrogen-bond donors (Lipinski definition) is 2. The van der Waals surface area contributed by atoms with Gasteiger partial charge in [0.2, 0.25) is 0 Å². The molecule has 2 fully saturated rings. The van der Waals surface area contributed by atoms with Crippen molar-refractivity contribution in [2.45, 2.75) is 53.8 Å². The quantitative estimate of drug-likeness (QED) is 0.858. The molecule has 1 aromatic rings. The fraction of sp³-hybridized carbons (Fsp3) is 0.600. The standard InChI is InChI=1S/C15H20BrNOS/c16-11-1-5-13(6-2-11)19-14-7-8-15(9-14,10-18)17-12-3-4-12/h1-2,5-6,12,14,17-18H,3-4,7-10H2. The fourth-order valence-electron chi connectivity index (χ4n) is 2.86. The minimum Gasteiger partial charge on any atom is -0.394 e. The minimum absolute atomic E-state index is 0.00576. The summed E-state index contributed by atoms with van der Waals surface area (Å²) in [6.45, 7) is 0.279. The van der Waals surface area contributed by atoms with E-state index in [1.807, 2.05) is 11.8 Å². The van der Waals surface area contributed by atoms with E-state index in [1.165, 1.54) is 24.2 Å². The van der Waals surface area contributed by atoms with E-state index in [0.29, 0.717) is 11.3 Å². The van der Waals surface area contributed by atoms with Gasteiger partial charge in [0.15, 0.2) is 0 Å². The first-order chi connectivity index (χ1) is 9.19. The van der Waals surface area contributed by atoms with Crippen LogP contribution in [0.2, 0.25) is 0 Å². The molecule has 1 aromatic carbocycles. The van der Waals surface area contributed by atoms with Crippen LogP contribution in [0.3, 0.4) is 0 Å². The van der Waals surface area contributed by atoms with E-state index in [-0.39, 0.29) is 12.1 Å². The number of thioether (sulfide) groups is 1. The van der Waals surface area contributed by atoms with Crippen molar-refractivity contribution < 1.29 is 5.11 Å². The van der Waals surface area contributed by atoms with Gasteiger partial charge >= 0.3 is 0 Å². The molecule has 4 heteroatoms. The summed E-state index contributed by atoms with van der Waals surface area (Å²) in [5.74, 6) is 0. The minimum atomic E-state index is -0.00576. The van der Waals surface area contributed by atoms with Gasteiger partial charge in [-0.1, -0.05) is 15.9 Å². The molecular formula is C15H20BrNOS. The predicted molar refractivity (Wildman–Crippen MR) is 83.6 cm³/mol. The molecule has 0 aromatic heterocycles. The number of nitrogens with one attached hydrogen (secondary N) is 1. The van der Waals surface area contributed by atoms with E-state index in [1.54, 1.807) is 0 Å². The van der Waals surface area contributed by atoms with Crippen molar-refractivity contribution in [2.75, 3.05) is 6.61 Å². The Bertz CT molecular complexity index is 434. The van der Waals surface area contributed by atoms with E-state index < -0.39 is 0 Å². The molecule has 2 atom stereocenters. The van der Waals surface area contributed by atoms with Gasteiger partial charge in [-0.2, -0.15) is 0 Å². The number of hydrogen-bond acceptors (Lipinski definition) is 3. The second-order valence-electron chi connectivity index (χ2n) is 5.79. The van der Waals surface area contributed by atoms with Crippen molar-refractivity contribution in [3.63, 3.8) is 0 Å². The van der Waals surface area contributed by atoms with Crippen molar-refractivity contribution in [1.29, 1.82) is 0 Å². The van der Waals surface area contributed by atoms with E-state index in [2.05, 4.69) is 45.5 Å². The molecular weight excluding hydrogens is 322 g/mol. The average Bonchev–Trinajstić information content (AvgIpc) is 3.13. The largest absolute Gasteiger partial charge is 0.394 e. The molecule has 0 aliphatic heterocycles. The Kier molecular flexibility index (Phi) is 4.22. The van der Waals surface area contributed by atoms with E-state index >= 15 is 0 Å². The molecule has 2 nitrogen and oxygen atoms in total. The summed E-state index contributed by atoms with van der Waals surface area (Å²) >= 11 is 5.42. The number of rotatable bonds is 5. The highest BCUT2D eigenvalue weighted by atomic mass is 79.9. The fourth-order valence-corrected chi connectivity index (χ4v) is 4.44. The van der Waals surface area contributed by atoms with Crippen LogP contribution in [-0.2, 0) is 0 Å². The molecule has 2 saturated carbocycles. The summed E-state index contributed by atoms with van der Waals surface area (Å²) in [7, 11) is 0. The SMILES string of the molecule is OCC1(NC2CC2)CCC(Sc2ccc(Br)cc2)C1. The van der Waals surface area contributed by atoms with Gasteiger partial charge < -0.3 is 10.4 Å². The Labute approximate surface area is 127 Å². The molecule has 0 bridgehead atoms. The number of benzene rings is 1. The third-order valence-electron chi connectivity index (χ3n) is 4.07. The lowest BCUT2D eigenvalue weighted by Crippen LogP contribution is -2.47. The van der Waals surface area contributed by atoms with Crippen molar-refractivity contribution in [2.24, 2.45) is 0 Å². The summed E-state index contributed by atoms with van der Waals surface area (Å²) in [5, 5.41) is 14.0. The van der Waals surface area contributed by atoms with Crippen LogP contribution in [0.15, 0.2) is 33.6 Å². The molecule has 2 unspecified atom stereocenters. The highest BCUT2D eigenvalue weighted by Gasteiger charge is 2.42. The highest BCUT2D eigenvalue weighted by Crippen LogP contribution is 2.41. The van der Waals surface area contributed by atoms with Crippen LogP contribution >= 0.6 is 27.7 Å². The van der Waals surface area contributed by atoms with Gasteiger partial charge in [-0.15, -0.1) is 11.8 Å². The first kappa shape index (κ1) is 13.9. The topological polar surface area (TPSA) is 32.3 Å². The van der Waals surface area contributed by atoms with Crippen LogP contribution in [-0.4, -0.2) is 28.5 Å². The molecule has 0 spiro atoms. The molecule has 19 heavy (non-hydrogen) atoms. The zero-order valence-electron chi connectivity index (χ0n) is 10.9. The number of aliphatic hydroxyl groups is 1. The predicted octanol–water partition coefficient (Wildman–Crippen LogP) is 3.58. The number of halogens is 1. The van der Waals surface area contributed by atoms with Gasteiger partial charge in [-0.25, -0.2) is 0 Å². The van der Waals surface area contributed by atoms with Crippen LogP contribution < -0.4 is 5.32 Å². The van der Waals surface area contributed by atoms with Crippen molar-refractivity contribution >= 4 is 27.7 Å². The van der Waals surface area contributed by atoms with Crippen LogP contribution in [0.25, 0.3) is 0 Å². The van der Waals surface area contributed by atoms with Gasteiger partial charge in [0.1, 0.15) is 0 Å². The molecule has 104 valence electrons. The normalized spacial score (nSPS) is 30.7. The maximum atomic E-state index is 9.74. The molecule has 0 heterocycles. The lowest BCUT2D eigenvalue weighted by Gasteiger charge is -2.28. The molecule has 3 rings (SSSR count). The van der Waals surface area contributed by atoms with Gasteiger partial charge in [0, 0.05) is 26.2 Å². The third-order valence-corrected chi connectivity index (χ3v) is 5.88. The maximum absolute atomic E-state index is 9.74. The Morgan fingerprint density at radius 3 is 2.63 bits per heavy atom. The van der Waals surface area contributed by atoms with Gasteiger partial charge in [0.05, 0.1) is 6.61 Å². The van der Waals surface area contributed by atoms with E-state index in [4.69, 9.17) is 0 Å². The second-order valence-corrected chi connectivity index (χ2v) is 8.08. The summed E-state index contributed by atoms with van der Waals surface area (Å²) in [5.41, 5.74) is -0.00576. The molecule has 0 saturated heterocycles. The molecule has 2 aliphatic rings. The molecule has 0 amide bonds. The second kappa shape index (κ2) is 5.76. The first-order valence-corrected chi connectivity index (χ1v) is 8.67. The Hall–Kier alpha value is -0.0300. The smallest absolute Gasteiger partial charge is 0.0613 e. The van der Waals surface area contributed by atoms with Crippen LogP contribution in [0.4, 0.5) is 0 Å². The number of aliphatic hydroxyl groups excluding tert-OH is 1. The Morgan fingerprint density at radius 2 is 2.00 bits per heavy atom.